The van der Waals surface area contributed by atoms with Gasteiger partial charge in [-0.2, -0.15) is 0 Å². The summed E-state index contributed by atoms with van der Waals surface area (Å²) in [5, 5.41) is 0.604. The van der Waals surface area contributed by atoms with Crippen molar-refractivity contribution < 1.29 is 4.39 Å². The summed E-state index contributed by atoms with van der Waals surface area (Å²) in [7, 11) is 0. The Bertz CT molecular complexity index is 503. The first kappa shape index (κ1) is 10.9. The van der Waals surface area contributed by atoms with Crippen LogP contribution in [0.15, 0.2) is 60.9 Å². The predicted octanol–water partition coefficient (Wildman–Crippen LogP) is 4.70. The number of benzene rings is 2. The summed E-state index contributed by atoms with van der Waals surface area (Å²) in [5.41, 5.74) is 2.16. The van der Waals surface area contributed by atoms with Crippen LogP contribution < -0.4 is 0 Å². The van der Waals surface area contributed by atoms with E-state index in [9.17, 15) is 4.39 Å². The summed E-state index contributed by atoms with van der Waals surface area (Å²) in [6.45, 7) is 0. The van der Waals surface area contributed by atoms with Gasteiger partial charge in [-0.1, -0.05) is 54.1 Å². The van der Waals surface area contributed by atoms with Gasteiger partial charge in [-0.05, 0) is 23.3 Å². The van der Waals surface area contributed by atoms with Gasteiger partial charge in [0.05, 0.1) is 6.33 Å². The lowest BCUT2D eigenvalue weighted by Crippen LogP contribution is -1.86. The lowest BCUT2D eigenvalue weighted by molar-refractivity contribution is 0.724. The minimum absolute atomic E-state index is 0.545. The van der Waals surface area contributed by atoms with Crippen molar-refractivity contribution in [2.24, 2.45) is 0 Å². The number of halogens is 2. The van der Waals surface area contributed by atoms with Crippen LogP contribution in [0.3, 0.4) is 0 Å². The molecule has 0 aliphatic rings. The van der Waals surface area contributed by atoms with Gasteiger partial charge in [-0.15, -0.1) is 0 Å². The van der Waals surface area contributed by atoms with Gasteiger partial charge < -0.3 is 0 Å². The Morgan fingerprint density at radius 1 is 0.938 bits per heavy atom. The SMILES string of the molecule is F/C=C(\c1ccccc1)c1cccc(Cl)c1. The van der Waals surface area contributed by atoms with Gasteiger partial charge in [-0.25, -0.2) is 4.39 Å². The van der Waals surface area contributed by atoms with Gasteiger partial charge in [0.1, 0.15) is 0 Å². The first-order valence-corrected chi connectivity index (χ1v) is 5.31. The molecule has 0 unspecified atom stereocenters. The van der Waals surface area contributed by atoms with Crippen LogP contribution in [0.1, 0.15) is 11.1 Å². The summed E-state index contributed by atoms with van der Waals surface area (Å²) in [5.74, 6) is 0. The minimum Gasteiger partial charge on any atom is -0.215 e. The average Bonchev–Trinajstić information content (AvgIpc) is 2.31. The number of hydrogen-bond acceptors (Lipinski definition) is 0. The third kappa shape index (κ3) is 2.31. The molecule has 16 heavy (non-hydrogen) atoms. The van der Waals surface area contributed by atoms with Crippen molar-refractivity contribution in [3.05, 3.63) is 77.1 Å². The zero-order valence-corrected chi connectivity index (χ0v) is 9.29. The van der Waals surface area contributed by atoms with E-state index < -0.39 is 0 Å². The van der Waals surface area contributed by atoms with E-state index >= 15 is 0 Å². The standard InChI is InChI=1S/C14H10ClF/c15-13-8-4-7-12(9-13)14(10-16)11-5-2-1-3-6-11/h1-10H/b14-10+. The fourth-order valence-electron chi connectivity index (χ4n) is 1.57. The van der Waals surface area contributed by atoms with Crippen molar-refractivity contribution in [2.75, 3.05) is 0 Å². The van der Waals surface area contributed by atoms with Crippen LogP contribution in [0.2, 0.25) is 5.02 Å². The van der Waals surface area contributed by atoms with Crippen molar-refractivity contribution in [1.82, 2.24) is 0 Å². The lowest BCUT2D eigenvalue weighted by Gasteiger charge is -2.06. The molecule has 0 nitrogen and oxygen atoms in total. The topological polar surface area (TPSA) is 0 Å². The molecule has 0 aliphatic heterocycles. The zero-order chi connectivity index (χ0) is 11.4. The molecule has 80 valence electrons. The van der Waals surface area contributed by atoms with E-state index in [0.717, 1.165) is 11.1 Å². The Morgan fingerprint density at radius 3 is 2.25 bits per heavy atom. The highest BCUT2D eigenvalue weighted by Crippen LogP contribution is 2.25. The summed E-state index contributed by atoms with van der Waals surface area (Å²) < 4.78 is 13.0. The van der Waals surface area contributed by atoms with E-state index in [2.05, 4.69) is 0 Å². The van der Waals surface area contributed by atoms with E-state index in [4.69, 9.17) is 11.6 Å². The molecule has 0 aliphatic carbocycles. The van der Waals surface area contributed by atoms with Crippen molar-refractivity contribution in [3.63, 3.8) is 0 Å². The molecule has 0 N–H and O–H groups in total. The van der Waals surface area contributed by atoms with E-state index in [-0.39, 0.29) is 0 Å². The summed E-state index contributed by atoms with van der Waals surface area (Å²) in [4.78, 5) is 0. The molecule has 2 aromatic rings. The molecule has 2 heteroatoms. The van der Waals surface area contributed by atoms with Crippen molar-refractivity contribution >= 4 is 17.2 Å². The second-order valence-electron chi connectivity index (χ2n) is 3.40. The largest absolute Gasteiger partial charge is 0.215 e. The van der Waals surface area contributed by atoms with Crippen LogP contribution >= 0.6 is 11.6 Å². The zero-order valence-electron chi connectivity index (χ0n) is 8.53. The smallest absolute Gasteiger partial charge is 0.0951 e. The van der Waals surface area contributed by atoms with Gasteiger partial charge in [0.2, 0.25) is 0 Å². The summed E-state index contributed by atoms with van der Waals surface area (Å²) in [6, 6.07) is 16.6. The molecule has 0 atom stereocenters. The highest BCUT2D eigenvalue weighted by Gasteiger charge is 2.04. The minimum atomic E-state index is 0.545. The molecular formula is C14H10ClF. The maximum absolute atomic E-state index is 13.0. The van der Waals surface area contributed by atoms with Gasteiger partial charge in [-0.3, -0.25) is 0 Å². The Balaban J connectivity index is 2.46. The fourth-order valence-corrected chi connectivity index (χ4v) is 1.76. The Morgan fingerprint density at radius 2 is 1.62 bits per heavy atom. The molecule has 0 saturated heterocycles. The number of rotatable bonds is 2. The first-order chi connectivity index (χ1) is 7.81. The second-order valence-corrected chi connectivity index (χ2v) is 3.84. The van der Waals surface area contributed by atoms with Gasteiger partial charge in [0, 0.05) is 10.6 Å². The normalized spacial score (nSPS) is 11.5. The molecule has 0 fully saturated rings. The lowest BCUT2D eigenvalue weighted by atomic mass is 10.00. The molecule has 0 aromatic heterocycles. The maximum Gasteiger partial charge on any atom is 0.0951 e. The fraction of sp³-hybridized carbons (Fsp3) is 0. The van der Waals surface area contributed by atoms with Crippen LogP contribution in [-0.4, -0.2) is 0 Å². The highest BCUT2D eigenvalue weighted by atomic mass is 35.5. The predicted molar refractivity (Wildman–Crippen MR) is 66.1 cm³/mol. The Labute approximate surface area is 99.0 Å². The van der Waals surface area contributed by atoms with Crippen LogP contribution in [0.5, 0.6) is 0 Å². The van der Waals surface area contributed by atoms with Crippen LogP contribution in [0.25, 0.3) is 5.57 Å². The monoisotopic (exact) mass is 232 g/mol. The molecule has 2 aromatic carbocycles. The van der Waals surface area contributed by atoms with E-state index in [1.807, 2.05) is 42.5 Å². The molecule has 0 saturated carbocycles. The quantitative estimate of drug-likeness (QED) is 0.704. The number of hydrogen-bond donors (Lipinski definition) is 0. The molecule has 2 rings (SSSR count). The third-order valence-electron chi connectivity index (χ3n) is 2.33. The Hall–Kier alpha value is -1.60. The van der Waals surface area contributed by atoms with Gasteiger partial charge >= 0.3 is 0 Å². The molecular weight excluding hydrogens is 223 g/mol. The molecule has 0 spiro atoms. The van der Waals surface area contributed by atoms with Gasteiger partial charge in [0.15, 0.2) is 0 Å². The van der Waals surface area contributed by atoms with Crippen LogP contribution in [0.4, 0.5) is 4.39 Å². The summed E-state index contributed by atoms with van der Waals surface area (Å²) in [6.07, 6.45) is 0.612. The van der Waals surface area contributed by atoms with Crippen LogP contribution in [0, 0.1) is 0 Å². The molecule has 0 heterocycles. The van der Waals surface area contributed by atoms with Crippen LogP contribution in [-0.2, 0) is 0 Å². The van der Waals surface area contributed by atoms with Crippen molar-refractivity contribution in [3.8, 4) is 0 Å². The average molecular weight is 233 g/mol. The van der Waals surface area contributed by atoms with Crippen molar-refractivity contribution in [1.29, 1.82) is 0 Å². The summed E-state index contributed by atoms with van der Waals surface area (Å²) >= 11 is 5.88. The highest BCUT2D eigenvalue weighted by molar-refractivity contribution is 6.30. The van der Waals surface area contributed by atoms with E-state index in [1.165, 1.54) is 0 Å². The van der Waals surface area contributed by atoms with Crippen molar-refractivity contribution in [2.45, 2.75) is 0 Å². The molecule has 0 radical (unpaired) electrons. The third-order valence-corrected chi connectivity index (χ3v) is 2.56. The van der Waals surface area contributed by atoms with Gasteiger partial charge in [0.25, 0.3) is 0 Å². The Kier molecular flexibility index (Phi) is 3.37. The second kappa shape index (κ2) is 4.95. The molecule has 0 bridgehead atoms. The van der Waals surface area contributed by atoms with E-state index in [1.54, 1.807) is 12.1 Å². The first-order valence-electron chi connectivity index (χ1n) is 4.93. The van der Waals surface area contributed by atoms with E-state index in [0.29, 0.717) is 16.9 Å². The molecule has 0 amide bonds. The maximum atomic E-state index is 13.0.